The molecule has 6 heteroatoms. The van der Waals surface area contributed by atoms with Gasteiger partial charge in [0.25, 0.3) is 0 Å². The van der Waals surface area contributed by atoms with Gasteiger partial charge in [-0.3, -0.25) is 4.79 Å². The van der Waals surface area contributed by atoms with Crippen molar-refractivity contribution in [2.45, 2.75) is 6.92 Å². The fraction of sp³-hybridized carbons (Fsp3) is 0.0667. The summed E-state index contributed by atoms with van der Waals surface area (Å²) in [6.07, 6.45) is 1.41. The summed E-state index contributed by atoms with van der Waals surface area (Å²) >= 11 is 0. The Morgan fingerprint density at radius 2 is 1.90 bits per heavy atom. The fourth-order valence-electron chi connectivity index (χ4n) is 2.22. The maximum Gasteiger partial charge on any atom is 0.390 e. The van der Waals surface area contributed by atoms with E-state index in [1.165, 1.54) is 19.2 Å². The zero-order valence-corrected chi connectivity index (χ0v) is 11.2. The Kier molecular flexibility index (Phi) is 2.98. The lowest BCUT2D eigenvalue weighted by Crippen LogP contribution is -2.31. The van der Waals surface area contributed by atoms with Gasteiger partial charge in [-0.2, -0.15) is 0 Å². The van der Waals surface area contributed by atoms with E-state index in [0.29, 0.717) is 14.7 Å². The number of fused-ring (bicyclic) bond motifs is 1. The number of benzene rings is 1. The fourth-order valence-corrected chi connectivity index (χ4v) is 2.22. The molecule has 3 aromatic rings. The molecule has 2 heterocycles. The van der Waals surface area contributed by atoms with Gasteiger partial charge in [-0.25, -0.2) is 0 Å². The van der Waals surface area contributed by atoms with E-state index in [4.69, 9.17) is 0 Å². The van der Waals surface area contributed by atoms with Gasteiger partial charge < -0.3 is 9.94 Å². The highest BCUT2D eigenvalue weighted by Gasteiger charge is 2.25. The number of rotatable bonds is 2. The molecule has 0 radical (unpaired) electrons. The largest absolute Gasteiger partial charge is 0.805 e. The van der Waals surface area contributed by atoms with Gasteiger partial charge >= 0.3 is 5.65 Å². The van der Waals surface area contributed by atoms with E-state index >= 15 is 0 Å². The van der Waals surface area contributed by atoms with Crippen LogP contribution in [-0.2, 0) is 0 Å². The summed E-state index contributed by atoms with van der Waals surface area (Å²) in [7, 11) is 0. The standard InChI is InChI=1S/C15H11N3O3/c1-10-13(14(19)11-6-3-2-4-7-11)18(21)15-12(17(10)20)8-5-9-16-15/h2-9H,1H3. The Labute approximate surface area is 119 Å². The Hall–Kier alpha value is -3.02. The van der Waals surface area contributed by atoms with E-state index < -0.39 is 5.78 Å². The van der Waals surface area contributed by atoms with E-state index in [9.17, 15) is 14.9 Å². The molecule has 2 aromatic heterocycles. The number of ketones is 1. The SMILES string of the molecule is Cc1c(C(=O)c2ccccc2)[n+](=O)c2ncccc2n1[O-]. The van der Waals surface area contributed by atoms with Crippen molar-refractivity contribution in [1.82, 2.24) is 9.71 Å². The minimum absolute atomic E-state index is 0.0550. The molecule has 0 N–H and O–H groups in total. The van der Waals surface area contributed by atoms with E-state index in [1.54, 1.807) is 36.4 Å². The Morgan fingerprint density at radius 1 is 1.19 bits per heavy atom. The predicted molar refractivity (Wildman–Crippen MR) is 76.5 cm³/mol. The first-order chi connectivity index (χ1) is 10.1. The smallest absolute Gasteiger partial charge is 0.390 e. The summed E-state index contributed by atoms with van der Waals surface area (Å²) in [4.78, 5) is 28.8. The highest BCUT2D eigenvalue weighted by Crippen LogP contribution is 2.14. The maximum absolute atomic E-state index is 12.5. The monoisotopic (exact) mass is 281 g/mol. The Bertz CT molecular complexity index is 901. The molecule has 104 valence electrons. The minimum atomic E-state index is -0.500. The van der Waals surface area contributed by atoms with Crippen molar-refractivity contribution >= 4 is 16.9 Å². The third-order valence-electron chi connectivity index (χ3n) is 3.28. The average molecular weight is 281 g/mol. The maximum atomic E-state index is 12.5. The van der Waals surface area contributed by atoms with Crippen LogP contribution in [0.25, 0.3) is 11.2 Å². The zero-order chi connectivity index (χ0) is 15.0. The van der Waals surface area contributed by atoms with E-state index in [1.807, 2.05) is 0 Å². The summed E-state index contributed by atoms with van der Waals surface area (Å²) < 4.78 is 0.987. The molecule has 0 aliphatic heterocycles. The quantitative estimate of drug-likeness (QED) is 0.530. The summed E-state index contributed by atoms with van der Waals surface area (Å²) in [6, 6.07) is 11.4. The summed E-state index contributed by atoms with van der Waals surface area (Å²) in [5, 5.41) is 12.2. The Morgan fingerprint density at radius 3 is 2.62 bits per heavy atom. The summed E-state index contributed by atoms with van der Waals surface area (Å²) in [6.45, 7) is 1.45. The van der Waals surface area contributed by atoms with Gasteiger partial charge in [0.1, 0.15) is 11.7 Å². The first kappa shape index (κ1) is 13.0. The number of carbonyl (C=O) groups is 1. The van der Waals surface area contributed by atoms with Crippen molar-refractivity contribution < 1.29 is 9.22 Å². The molecule has 21 heavy (non-hydrogen) atoms. The van der Waals surface area contributed by atoms with Gasteiger partial charge in [0.2, 0.25) is 11.5 Å². The van der Waals surface area contributed by atoms with Gasteiger partial charge in [0.15, 0.2) is 0 Å². The molecule has 0 unspecified atom stereocenters. The van der Waals surface area contributed by atoms with Crippen molar-refractivity contribution in [1.29, 1.82) is 0 Å². The van der Waals surface area contributed by atoms with Crippen LogP contribution in [-0.4, -0.2) is 15.5 Å². The van der Waals surface area contributed by atoms with Crippen molar-refractivity contribution in [3.05, 3.63) is 75.7 Å². The van der Waals surface area contributed by atoms with Crippen LogP contribution in [0.15, 0.2) is 48.7 Å². The van der Waals surface area contributed by atoms with E-state index in [0.717, 1.165) is 0 Å². The highest BCUT2D eigenvalue weighted by atomic mass is 16.5. The number of carbonyl (C=O) groups excluding carboxylic acids is 1. The molecule has 0 aliphatic rings. The minimum Gasteiger partial charge on any atom is -0.805 e. The van der Waals surface area contributed by atoms with Crippen LogP contribution in [0.4, 0.5) is 0 Å². The van der Waals surface area contributed by atoms with Crippen LogP contribution in [0.1, 0.15) is 21.7 Å². The van der Waals surface area contributed by atoms with E-state index in [2.05, 4.69) is 4.98 Å². The van der Waals surface area contributed by atoms with Crippen LogP contribution in [0.3, 0.4) is 0 Å². The second-order valence-electron chi connectivity index (χ2n) is 4.56. The molecule has 0 saturated carbocycles. The molecule has 0 atom stereocenters. The normalized spacial score (nSPS) is 10.7. The lowest BCUT2D eigenvalue weighted by Gasteiger charge is -2.16. The van der Waals surface area contributed by atoms with Gasteiger partial charge in [0.05, 0.1) is 5.69 Å². The van der Waals surface area contributed by atoms with Crippen molar-refractivity contribution in [3.63, 3.8) is 0 Å². The van der Waals surface area contributed by atoms with Gasteiger partial charge in [-0.1, -0.05) is 35.2 Å². The molecule has 3 rings (SSSR count). The molecule has 0 spiro atoms. The molecular formula is C15H11N3O3. The molecule has 0 saturated heterocycles. The van der Waals surface area contributed by atoms with Crippen molar-refractivity contribution in [2.24, 2.45) is 0 Å². The number of aromatic nitrogens is 3. The first-order valence-electron chi connectivity index (χ1n) is 6.31. The molecule has 1 aromatic carbocycles. The van der Waals surface area contributed by atoms with Gasteiger partial charge in [-0.15, -0.1) is 0 Å². The lowest BCUT2D eigenvalue weighted by atomic mass is 10.1. The van der Waals surface area contributed by atoms with Gasteiger partial charge in [0, 0.05) is 9.99 Å². The zero-order valence-electron chi connectivity index (χ0n) is 11.2. The molecule has 0 aliphatic carbocycles. The number of nitrogens with zero attached hydrogens (tertiary/aromatic N) is 3. The number of hydrogen-bond acceptors (Lipinski definition) is 4. The predicted octanol–water partition coefficient (Wildman–Crippen LogP) is 1.84. The number of pyridine rings is 1. The third kappa shape index (κ3) is 1.97. The van der Waals surface area contributed by atoms with Crippen LogP contribution in [0, 0.1) is 17.0 Å². The summed E-state index contributed by atoms with van der Waals surface area (Å²) in [5.41, 5.74) is 0.259. The molecule has 0 bridgehead atoms. The molecule has 0 fully saturated rings. The van der Waals surface area contributed by atoms with Crippen LogP contribution >= 0.6 is 0 Å². The van der Waals surface area contributed by atoms with Crippen LogP contribution in [0.2, 0.25) is 0 Å². The van der Waals surface area contributed by atoms with E-state index in [-0.39, 0.29) is 22.6 Å². The third-order valence-corrected chi connectivity index (χ3v) is 3.28. The molecule has 6 nitrogen and oxygen atoms in total. The molecular weight excluding hydrogens is 270 g/mol. The van der Waals surface area contributed by atoms with Crippen molar-refractivity contribution in [3.8, 4) is 0 Å². The topological polar surface area (TPSA) is 80.9 Å². The average Bonchev–Trinajstić information content (AvgIpc) is 2.53. The molecule has 0 amide bonds. The van der Waals surface area contributed by atoms with Crippen LogP contribution in [0.5, 0.6) is 0 Å². The van der Waals surface area contributed by atoms with Gasteiger partial charge in [-0.05, 0) is 24.0 Å². The number of hydrogen-bond donors (Lipinski definition) is 0. The van der Waals surface area contributed by atoms with Crippen LogP contribution < -0.4 is 4.43 Å². The van der Waals surface area contributed by atoms with Crippen molar-refractivity contribution in [2.75, 3.05) is 0 Å². The highest BCUT2D eigenvalue weighted by molar-refractivity contribution is 6.07. The Balaban J connectivity index is 2.34. The second-order valence-corrected chi connectivity index (χ2v) is 4.56. The summed E-state index contributed by atoms with van der Waals surface area (Å²) in [5.74, 6) is -0.500. The second kappa shape index (κ2) is 4.82. The lowest BCUT2D eigenvalue weighted by molar-refractivity contribution is -0.470. The first-order valence-corrected chi connectivity index (χ1v) is 6.31.